The number of benzene rings is 1. The molecule has 0 aliphatic carbocycles. The van der Waals surface area contributed by atoms with E-state index >= 15 is 0 Å². The molecule has 0 saturated heterocycles. The second-order valence-electron chi connectivity index (χ2n) is 6.56. The van der Waals surface area contributed by atoms with Gasteiger partial charge in [-0.2, -0.15) is 0 Å². The van der Waals surface area contributed by atoms with Gasteiger partial charge in [0.2, 0.25) is 0 Å². The number of fused-ring (bicyclic) bond motifs is 1. The first-order valence-corrected chi connectivity index (χ1v) is 6.77. The van der Waals surface area contributed by atoms with Crippen LogP contribution >= 0.6 is 0 Å². The lowest BCUT2D eigenvalue weighted by Crippen LogP contribution is -2.40. The van der Waals surface area contributed by atoms with Crippen molar-refractivity contribution in [2.24, 2.45) is 5.41 Å². The highest BCUT2D eigenvalue weighted by atomic mass is 16.5. The third kappa shape index (κ3) is 2.69. The van der Waals surface area contributed by atoms with Crippen molar-refractivity contribution in [3.05, 3.63) is 29.3 Å². The van der Waals surface area contributed by atoms with Crippen molar-refractivity contribution < 1.29 is 9.84 Å². The molecule has 0 fully saturated rings. The second kappa shape index (κ2) is 4.58. The maximum absolute atomic E-state index is 10.5. The zero-order chi connectivity index (χ0) is 13.4. The van der Waals surface area contributed by atoms with Crippen LogP contribution in [0, 0.1) is 5.41 Å². The van der Waals surface area contributed by atoms with Crippen LogP contribution in [0.4, 0.5) is 0 Å². The van der Waals surface area contributed by atoms with Gasteiger partial charge in [-0.3, -0.25) is 0 Å². The van der Waals surface area contributed by atoms with Gasteiger partial charge in [-0.25, -0.2) is 0 Å². The molecule has 1 N–H and O–H groups in total. The molecule has 2 heteroatoms. The highest BCUT2D eigenvalue weighted by molar-refractivity contribution is 5.39. The van der Waals surface area contributed by atoms with Crippen LogP contribution in [0.5, 0.6) is 5.75 Å². The highest BCUT2D eigenvalue weighted by Crippen LogP contribution is 2.34. The summed E-state index contributed by atoms with van der Waals surface area (Å²) < 4.78 is 5.50. The molecule has 0 saturated carbocycles. The van der Waals surface area contributed by atoms with Crippen molar-refractivity contribution in [2.45, 2.75) is 52.6 Å². The zero-order valence-corrected chi connectivity index (χ0v) is 11.9. The molecular formula is C16H24O2. The number of hydrogen-bond acceptors (Lipinski definition) is 2. The summed E-state index contributed by atoms with van der Waals surface area (Å²) in [5.74, 6) is 1.03. The Balaban J connectivity index is 2.03. The second-order valence-corrected chi connectivity index (χ2v) is 6.56. The van der Waals surface area contributed by atoms with Gasteiger partial charge in [0.05, 0.1) is 12.2 Å². The van der Waals surface area contributed by atoms with E-state index < -0.39 is 5.60 Å². The Morgan fingerprint density at radius 2 is 1.94 bits per heavy atom. The Labute approximate surface area is 110 Å². The average molecular weight is 248 g/mol. The van der Waals surface area contributed by atoms with Crippen molar-refractivity contribution >= 4 is 0 Å². The van der Waals surface area contributed by atoms with Gasteiger partial charge in [-0.05, 0) is 42.4 Å². The van der Waals surface area contributed by atoms with Crippen LogP contribution in [-0.4, -0.2) is 17.3 Å². The van der Waals surface area contributed by atoms with E-state index in [2.05, 4.69) is 39.0 Å². The normalized spacial score (nSPS) is 18.1. The minimum Gasteiger partial charge on any atom is -0.493 e. The van der Waals surface area contributed by atoms with E-state index in [0.29, 0.717) is 0 Å². The maximum atomic E-state index is 10.5. The fourth-order valence-corrected chi connectivity index (χ4v) is 2.16. The van der Waals surface area contributed by atoms with E-state index in [-0.39, 0.29) is 5.41 Å². The summed E-state index contributed by atoms with van der Waals surface area (Å²) >= 11 is 0. The molecule has 18 heavy (non-hydrogen) atoms. The molecule has 1 aromatic carbocycles. The number of ether oxygens (including phenoxy) is 1. The minimum atomic E-state index is -0.636. The predicted octanol–water partition coefficient (Wildman–Crippen LogP) is 3.35. The van der Waals surface area contributed by atoms with Gasteiger partial charge in [-0.1, -0.05) is 32.9 Å². The van der Waals surface area contributed by atoms with Crippen molar-refractivity contribution in [1.82, 2.24) is 0 Å². The summed E-state index contributed by atoms with van der Waals surface area (Å²) in [5, 5.41) is 10.5. The lowest BCUT2D eigenvalue weighted by molar-refractivity contribution is -0.0476. The Morgan fingerprint density at radius 3 is 2.61 bits per heavy atom. The molecule has 0 radical (unpaired) electrons. The molecule has 0 amide bonds. The predicted molar refractivity (Wildman–Crippen MR) is 74.0 cm³/mol. The molecule has 1 unspecified atom stereocenters. The molecule has 1 aliphatic heterocycles. The topological polar surface area (TPSA) is 29.5 Å². The molecule has 1 aliphatic rings. The first-order valence-electron chi connectivity index (χ1n) is 6.77. The molecule has 2 rings (SSSR count). The Kier molecular flexibility index (Phi) is 3.41. The molecule has 0 bridgehead atoms. The quantitative estimate of drug-likeness (QED) is 0.889. The van der Waals surface area contributed by atoms with Gasteiger partial charge in [0.1, 0.15) is 5.75 Å². The highest BCUT2D eigenvalue weighted by Gasteiger charge is 2.34. The molecule has 2 nitrogen and oxygen atoms in total. The van der Waals surface area contributed by atoms with E-state index in [1.807, 2.05) is 6.92 Å². The summed E-state index contributed by atoms with van der Waals surface area (Å²) in [6, 6.07) is 6.40. The standard InChI is InChI=1S/C16H24O2/c1-15(2,3)16(4,17)9-7-12-5-6-14-13(11-12)8-10-18-14/h5-6,11,17H,7-10H2,1-4H3. The Hall–Kier alpha value is -1.02. The monoisotopic (exact) mass is 248 g/mol. The smallest absolute Gasteiger partial charge is 0.122 e. The van der Waals surface area contributed by atoms with E-state index in [9.17, 15) is 5.11 Å². The summed E-state index contributed by atoms with van der Waals surface area (Å²) in [5.41, 5.74) is 1.88. The third-order valence-electron chi connectivity index (χ3n) is 4.27. The van der Waals surface area contributed by atoms with Gasteiger partial charge < -0.3 is 9.84 Å². The molecule has 0 spiro atoms. The number of rotatable bonds is 3. The zero-order valence-electron chi connectivity index (χ0n) is 11.9. The maximum Gasteiger partial charge on any atom is 0.122 e. The van der Waals surface area contributed by atoms with Crippen LogP contribution in [0.25, 0.3) is 0 Å². The fourth-order valence-electron chi connectivity index (χ4n) is 2.16. The summed E-state index contributed by atoms with van der Waals surface area (Å²) in [6.07, 6.45) is 2.71. The fraction of sp³-hybridized carbons (Fsp3) is 0.625. The molecule has 1 aromatic rings. The van der Waals surface area contributed by atoms with Crippen molar-refractivity contribution in [1.29, 1.82) is 0 Å². The van der Waals surface area contributed by atoms with Gasteiger partial charge in [0.15, 0.2) is 0 Å². The van der Waals surface area contributed by atoms with Gasteiger partial charge in [-0.15, -0.1) is 0 Å². The van der Waals surface area contributed by atoms with E-state index in [0.717, 1.165) is 31.6 Å². The molecular weight excluding hydrogens is 224 g/mol. The van der Waals surface area contributed by atoms with Crippen LogP contribution in [0.3, 0.4) is 0 Å². The SMILES string of the molecule is CC(C)(C)C(C)(O)CCc1ccc2c(c1)CCO2. The lowest BCUT2D eigenvalue weighted by Gasteiger charge is -2.37. The van der Waals surface area contributed by atoms with Crippen LogP contribution in [0.15, 0.2) is 18.2 Å². The van der Waals surface area contributed by atoms with E-state index in [4.69, 9.17) is 4.74 Å². The van der Waals surface area contributed by atoms with Crippen LogP contribution in [0.2, 0.25) is 0 Å². The minimum absolute atomic E-state index is 0.0904. The average Bonchev–Trinajstić information content (AvgIpc) is 2.71. The first-order chi connectivity index (χ1) is 8.29. The Bertz CT molecular complexity index is 427. The number of hydrogen-bond donors (Lipinski definition) is 1. The first kappa shape index (κ1) is 13.4. The largest absolute Gasteiger partial charge is 0.493 e. The Morgan fingerprint density at radius 1 is 1.22 bits per heavy atom. The van der Waals surface area contributed by atoms with Crippen molar-refractivity contribution in [3.63, 3.8) is 0 Å². The van der Waals surface area contributed by atoms with Crippen molar-refractivity contribution in [2.75, 3.05) is 6.61 Å². The van der Waals surface area contributed by atoms with Crippen LogP contribution in [0.1, 0.15) is 45.2 Å². The summed E-state index contributed by atoms with van der Waals surface area (Å²) in [4.78, 5) is 0. The molecule has 100 valence electrons. The summed E-state index contributed by atoms with van der Waals surface area (Å²) in [6.45, 7) is 9.00. The lowest BCUT2D eigenvalue weighted by atomic mass is 9.74. The van der Waals surface area contributed by atoms with Gasteiger partial charge in [0, 0.05) is 6.42 Å². The van der Waals surface area contributed by atoms with E-state index in [1.54, 1.807) is 0 Å². The third-order valence-corrected chi connectivity index (χ3v) is 4.27. The van der Waals surface area contributed by atoms with Gasteiger partial charge in [0.25, 0.3) is 0 Å². The molecule has 0 aromatic heterocycles. The molecule has 1 atom stereocenters. The number of aryl methyl sites for hydroxylation is 1. The van der Waals surface area contributed by atoms with Crippen LogP contribution < -0.4 is 4.74 Å². The molecule has 1 heterocycles. The van der Waals surface area contributed by atoms with Gasteiger partial charge >= 0.3 is 0 Å². The number of aliphatic hydroxyl groups is 1. The van der Waals surface area contributed by atoms with Crippen molar-refractivity contribution in [3.8, 4) is 5.75 Å². The van der Waals surface area contributed by atoms with Crippen LogP contribution in [-0.2, 0) is 12.8 Å². The summed E-state index contributed by atoms with van der Waals surface area (Å²) in [7, 11) is 0. The van der Waals surface area contributed by atoms with E-state index in [1.165, 1.54) is 11.1 Å².